The molecule has 1 N–H and O–H groups in total. The quantitative estimate of drug-likeness (QED) is 0.909. The molecular weight excluding hydrogens is 238 g/mol. The molecule has 0 radical (unpaired) electrons. The topological polar surface area (TPSA) is 45.2 Å². The van der Waals surface area contributed by atoms with Gasteiger partial charge in [-0.15, -0.1) is 0 Å². The molecule has 0 atom stereocenters. The average Bonchev–Trinajstić information content (AvgIpc) is 2.46. The van der Waals surface area contributed by atoms with Gasteiger partial charge in [0, 0.05) is 38.7 Å². The van der Waals surface area contributed by atoms with Crippen LogP contribution in [0.1, 0.15) is 15.9 Å². The number of benzene rings is 1. The maximum atomic E-state index is 12.2. The van der Waals surface area contributed by atoms with E-state index in [0.29, 0.717) is 12.1 Å². The normalized spacial score (nSPS) is 10.0. The summed E-state index contributed by atoms with van der Waals surface area (Å²) in [5, 5.41) is 2.90. The molecule has 0 spiro atoms. The fourth-order valence-corrected chi connectivity index (χ4v) is 1.84. The Kier molecular flexibility index (Phi) is 4.13. The molecule has 1 aromatic heterocycles. The van der Waals surface area contributed by atoms with Crippen LogP contribution < -0.4 is 10.2 Å². The van der Waals surface area contributed by atoms with E-state index in [1.54, 1.807) is 12.4 Å². The van der Waals surface area contributed by atoms with E-state index in [-0.39, 0.29) is 5.91 Å². The number of aromatic nitrogens is 1. The molecule has 98 valence electrons. The van der Waals surface area contributed by atoms with Gasteiger partial charge in [-0.05, 0) is 23.8 Å². The molecule has 2 aromatic rings. The molecule has 1 amide bonds. The number of amides is 1. The molecule has 0 saturated carbocycles. The third-order valence-electron chi connectivity index (χ3n) is 2.81. The number of hydrogen-bond donors (Lipinski definition) is 1. The molecule has 0 saturated heterocycles. The van der Waals surface area contributed by atoms with Gasteiger partial charge in [-0.2, -0.15) is 0 Å². The number of pyridine rings is 1. The molecule has 4 heteroatoms. The summed E-state index contributed by atoms with van der Waals surface area (Å²) in [6.07, 6.45) is 3.46. The van der Waals surface area contributed by atoms with Crippen molar-refractivity contribution in [1.82, 2.24) is 10.3 Å². The number of carbonyl (C=O) groups excluding carboxylic acids is 1. The third kappa shape index (κ3) is 3.31. The van der Waals surface area contributed by atoms with Crippen LogP contribution in [0.2, 0.25) is 0 Å². The first-order valence-corrected chi connectivity index (χ1v) is 6.12. The summed E-state index contributed by atoms with van der Waals surface area (Å²) in [6.45, 7) is 0.481. The van der Waals surface area contributed by atoms with Crippen LogP contribution in [0.4, 0.5) is 5.69 Å². The molecule has 0 aliphatic rings. The van der Waals surface area contributed by atoms with Crippen molar-refractivity contribution in [2.45, 2.75) is 6.54 Å². The Morgan fingerprint density at radius 2 is 2.00 bits per heavy atom. The number of anilines is 1. The zero-order chi connectivity index (χ0) is 13.7. The Bertz CT molecular complexity index is 552. The fourth-order valence-electron chi connectivity index (χ4n) is 1.84. The Morgan fingerprint density at radius 3 is 2.68 bits per heavy atom. The molecule has 0 aliphatic heterocycles. The van der Waals surface area contributed by atoms with Gasteiger partial charge < -0.3 is 10.2 Å². The van der Waals surface area contributed by atoms with Gasteiger partial charge in [0.2, 0.25) is 0 Å². The van der Waals surface area contributed by atoms with Crippen LogP contribution in [0.5, 0.6) is 0 Å². The SMILES string of the molecule is CN(C)c1ccccc1C(=O)NCc1cccnc1. The molecule has 1 aromatic carbocycles. The van der Waals surface area contributed by atoms with Crippen molar-refractivity contribution < 1.29 is 4.79 Å². The number of nitrogens with zero attached hydrogens (tertiary/aromatic N) is 2. The maximum absolute atomic E-state index is 12.2. The minimum atomic E-state index is -0.0758. The van der Waals surface area contributed by atoms with E-state index in [1.807, 2.05) is 55.4 Å². The van der Waals surface area contributed by atoms with Gasteiger partial charge in [0.1, 0.15) is 0 Å². The van der Waals surface area contributed by atoms with Crippen LogP contribution in [0.15, 0.2) is 48.8 Å². The highest BCUT2D eigenvalue weighted by molar-refractivity contribution is 5.99. The molecule has 2 rings (SSSR count). The first kappa shape index (κ1) is 13.1. The van der Waals surface area contributed by atoms with Gasteiger partial charge in [0.25, 0.3) is 5.91 Å². The van der Waals surface area contributed by atoms with Crippen LogP contribution in [-0.2, 0) is 6.54 Å². The number of para-hydroxylation sites is 1. The Labute approximate surface area is 113 Å². The zero-order valence-electron chi connectivity index (χ0n) is 11.1. The van der Waals surface area contributed by atoms with Gasteiger partial charge in [-0.3, -0.25) is 9.78 Å². The van der Waals surface area contributed by atoms with Gasteiger partial charge in [-0.1, -0.05) is 18.2 Å². The van der Waals surface area contributed by atoms with Crippen molar-refractivity contribution in [2.24, 2.45) is 0 Å². The second-order valence-electron chi connectivity index (χ2n) is 4.46. The predicted octanol–water partition coefficient (Wildman–Crippen LogP) is 2.08. The lowest BCUT2D eigenvalue weighted by Crippen LogP contribution is -2.25. The summed E-state index contributed by atoms with van der Waals surface area (Å²) < 4.78 is 0. The molecular formula is C15H17N3O. The van der Waals surface area contributed by atoms with Gasteiger partial charge in [0.15, 0.2) is 0 Å². The van der Waals surface area contributed by atoms with E-state index >= 15 is 0 Å². The van der Waals surface area contributed by atoms with Crippen LogP contribution in [-0.4, -0.2) is 25.0 Å². The molecule has 0 fully saturated rings. The summed E-state index contributed by atoms with van der Waals surface area (Å²) in [6, 6.07) is 11.3. The fraction of sp³-hybridized carbons (Fsp3) is 0.200. The van der Waals surface area contributed by atoms with Crippen molar-refractivity contribution >= 4 is 11.6 Å². The highest BCUT2D eigenvalue weighted by Crippen LogP contribution is 2.17. The van der Waals surface area contributed by atoms with Gasteiger partial charge >= 0.3 is 0 Å². The Morgan fingerprint density at radius 1 is 1.21 bits per heavy atom. The van der Waals surface area contributed by atoms with Gasteiger partial charge in [0.05, 0.1) is 5.56 Å². The highest BCUT2D eigenvalue weighted by Gasteiger charge is 2.11. The lowest BCUT2D eigenvalue weighted by molar-refractivity contribution is 0.0951. The van der Waals surface area contributed by atoms with Crippen LogP contribution in [0.3, 0.4) is 0 Å². The van der Waals surface area contributed by atoms with Crippen molar-refractivity contribution in [3.63, 3.8) is 0 Å². The zero-order valence-corrected chi connectivity index (χ0v) is 11.1. The standard InChI is InChI=1S/C15H17N3O/c1-18(2)14-8-4-3-7-13(14)15(19)17-11-12-6-5-9-16-10-12/h3-10H,11H2,1-2H3,(H,17,19). The van der Waals surface area contributed by atoms with E-state index in [9.17, 15) is 4.79 Å². The van der Waals surface area contributed by atoms with E-state index < -0.39 is 0 Å². The smallest absolute Gasteiger partial charge is 0.253 e. The first-order chi connectivity index (χ1) is 9.18. The monoisotopic (exact) mass is 255 g/mol. The molecule has 4 nitrogen and oxygen atoms in total. The maximum Gasteiger partial charge on any atom is 0.253 e. The van der Waals surface area contributed by atoms with Crippen LogP contribution >= 0.6 is 0 Å². The van der Waals surface area contributed by atoms with Crippen molar-refractivity contribution in [1.29, 1.82) is 0 Å². The molecule has 0 unspecified atom stereocenters. The molecule has 0 bridgehead atoms. The van der Waals surface area contributed by atoms with E-state index in [0.717, 1.165) is 11.3 Å². The van der Waals surface area contributed by atoms with Crippen molar-refractivity contribution in [3.8, 4) is 0 Å². The van der Waals surface area contributed by atoms with E-state index in [1.165, 1.54) is 0 Å². The number of carbonyl (C=O) groups is 1. The second kappa shape index (κ2) is 6.00. The van der Waals surface area contributed by atoms with Crippen LogP contribution in [0, 0.1) is 0 Å². The first-order valence-electron chi connectivity index (χ1n) is 6.12. The lowest BCUT2D eigenvalue weighted by atomic mass is 10.1. The average molecular weight is 255 g/mol. The summed E-state index contributed by atoms with van der Waals surface area (Å²) in [5.41, 5.74) is 2.57. The summed E-state index contributed by atoms with van der Waals surface area (Å²) in [4.78, 5) is 18.1. The third-order valence-corrected chi connectivity index (χ3v) is 2.81. The van der Waals surface area contributed by atoms with E-state index in [2.05, 4.69) is 10.3 Å². The minimum Gasteiger partial charge on any atom is -0.377 e. The molecule has 1 heterocycles. The number of rotatable bonds is 4. The van der Waals surface area contributed by atoms with E-state index in [4.69, 9.17) is 0 Å². The highest BCUT2D eigenvalue weighted by atomic mass is 16.1. The van der Waals surface area contributed by atoms with Gasteiger partial charge in [-0.25, -0.2) is 0 Å². The van der Waals surface area contributed by atoms with Crippen molar-refractivity contribution in [3.05, 3.63) is 59.9 Å². The summed E-state index contributed by atoms with van der Waals surface area (Å²) >= 11 is 0. The summed E-state index contributed by atoms with van der Waals surface area (Å²) in [5.74, 6) is -0.0758. The number of nitrogens with one attached hydrogen (secondary N) is 1. The molecule has 19 heavy (non-hydrogen) atoms. The van der Waals surface area contributed by atoms with Crippen LogP contribution in [0.25, 0.3) is 0 Å². The second-order valence-corrected chi connectivity index (χ2v) is 4.46. The Hall–Kier alpha value is -2.36. The summed E-state index contributed by atoms with van der Waals surface area (Å²) in [7, 11) is 3.85. The Balaban J connectivity index is 2.08. The van der Waals surface area contributed by atoms with Crippen molar-refractivity contribution in [2.75, 3.05) is 19.0 Å². The largest absolute Gasteiger partial charge is 0.377 e. The predicted molar refractivity (Wildman–Crippen MR) is 76.2 cm³/mol. The number of hydrogen-bond acceptors (Lipinski definition) is 3. The molecule has 0 aliphatic carbocycles. The minimum absolute atomic E-state index is 0.0758. The lowest BCUT2D eigenvalue weighted by Gasteiger charge is -2.16.